The van der Waals surface area contributed by atoms with Gasteiger partial charge in [-0.1, -0.05) is 32.0 Å². The van der Waals surface area contributed by atoms with E-state index in [1.165, 1.54) is 6.07 Å². The maximum atomic E-state index is 13.6. The largest absolute Gasteiger partial charge is 0.349 e. The number of hydrogen-bond donors (Lipinski definition) is 2. The lowest BCUT2D eigenvalue weighted by Gasteiger charge is -2.22. The molecule has 0 saturated heterocycles. The molecule has 0 bridgehead atoms. The van der Waals surface area contributed by atoms with Crippen LogP contribution < -0.4 is 11.1 Å². The fourth-order valence-electron chi connectivity index (χ4n) is 1.91. The number of nitrogens with two attached hydrogens (primary N) is 1. The first-order chi connectivity index (χ1) is 8.47. The molecule has 0 spiro atoms. The van der Waals surface area contributed by atoms with Crippen molar-refractivity contribution in [3.8, 4) is 0 Å². The van der Waals surface area contributed by atoms with E-state index in [1.54, 1.807) is 25.1 Å². The van der Waals surface area contributed by atoms with Crippen molar-refractivity contribution >= 4 is 5.91 Å². The minimum atomic E-state index is -0.355. The highest BCUT2D eigenvalue weighted by Gasteiger charge is 2.22. The lowest BCUT2D eigenvalue weighted by Crippen LogP contribution is -2.39. The molecule has 1 amide bonds. The molecule has 1 aromatic carbocycles. The average Bonchev–Trinajstić information content (AvgIpc) is 2.29. The second-order valence-corrected chi connectivity index (χ2v) is 4.84. The predicted molar refractivity (Wildman–Crippen MR) is 70.3 cm³/mol. The lowest BCUT2D eigenvalue weighted by atomic mass is 9.94. The fourth-order valence-corrected chi connectivity index (χ4v) is 1.91. The molecule has 0 aromatic heterocycles. The Hall–Kier alpha value is -1.42. The Balaban J connectivity index is 2.73. The molecule has 0 aliphatic carbocycles. The molecule has 0 aliphatic heterocycles. The summed E-state index contributed by atoms with van der Waals surface area (Å²) < 4.78 is 13.6. The highest BCUT2D eigenvalue weighted by molar-refractivity contribution is 5.79. The molecule has 18 heavy (non-hydrogen) atoms. The third kappa shape index (κ3) is 3.53. The summed E-state index contributed by atoms with van der Waals surface area (Å²) in [6.07, 6.45) is 0. The molecule has 0 heterocycles. The zero-order valence-electron chi connectivity index (χ0n) is 11.1. The molecular formula is C14H21FN2O. The van der Waals surface area contributed by atoms with Gasteiger partial charge in [0, 0.05) is 12.1 Å². The smallest absolute Gasteiger partial charge is 0.225 e. The highest BCUT2D eigenvalue weighted by Crippen LogP contribution is 2.18. The highest BCUT2D eigenvalue weighted by atomic mass is 19.1. The number of hydrogen-bond acceptors (Lipinski definition) is 2. The van der Waals surface area contributed by atoms with E-state index < -0.39 is 0 Å². The number of rotatable bonds is 5. The Morgan fingerprint density at radius 3 is 2.44 bits per heavy atom. The molecule has 2 atom stereocenters. The number of carbonyl (C=O) groups is 1. The SMILES string of the molecule is CC(C)C(CN)C(=O)N[C@H](C)c1ccccc1F. The number of nitrogens with one attached hydrogen (secondary N) is 1. The summed E-state index contributed by atoms with van der Waals surface area (Å²) in [6, 6.07) is 6.09. The summed E-state index contributed by atoms with van der Waals surface area (Å²) in [4.78, 5) is 12.0. The van der Waals surface area contributed by atoms with Crippen LogP contribution in [0.15, 0.2) is 24.3 Å². The van der Waals surface area contributed by atoms with E-state index in [1.807, 2.05) is 13.8 Å². The zero-order chi connectivity index (χ0) is 13.7. The number of carbonyl (C=O) groups excluding carboxylic acids is 1. The van der Waals surface area contributed by atoms with Crippen molar-refractivity contribution in [1.82, 2.24) is 5.32 Å². The molecule has 1 rings (SSSR count). The molecule has 3 nitrogen and oxygen atoms in total. The van der Waals surface area contributed by atoms with Crippen LogP contribution in [0.3, 0.4) is 0 Å². The Morgan fingerprint density at radius 2 is 1.94 bits per heavy atom. The first-order valence-electron chi connectivity index (χ1n) is 6.22. The lowest BCUT2D eigenvalue weighted by molar-refractivity contribution is -0.126. The van der Waals surface area contributed by atoms with Crippen LogP contribution in [0.4, 0.5) is 4.39 Å². The van der Waals surface area contributed by atoms with Crippen molar-refractivity contribution in [1.29, 1.82) is 0 Å². The minimum absolute atomic E-state index is 0.122. The predicted octanol–water partition coefficient (Wildman–Crippen LogP) is 2.23. The van der Waals surface area contributed by atoms with Gasteiger partial charge in [-0.05, 0) is 18.9 Å². The number of amides is 1. The summed E-state index contributed by atoms with van der Waals surface area (Å²) in [5.41, 5.74) is 6.08. The molecule has 0 aliphatic rings. The fraction of sp³-hybridized carbons (Fsp3) is 0.500. The van der Waals surface area contributed by atoms with Crippen molar-refractivity contribution in [2.75, 3.05) is 6.54 Å². The molecule has 1 unspecified atom stereocenters. The van der Waals surface area contributed by atoms with Crippen molar-refractivity contribution in [2.24, 2.45) is 17.6 Å². The molecular weight excluding hydrogens is 231 g/mol. The van der Waals surface area contributed by atoms with Gasteiger partial charge in [-0.3, -0.25) is 4.79 Å². The van der Waals surface area contributed by atoms with Gasteiger partial charge in [0.25, 0.3) is 0 Å². The molecule has 0 fully saturated rings. The van der Waals surface area contributed by atoms with Crippen LogP contribution in [0.1, 0.15) is 32.4 Å². The summed E-state index contributed by atoms with van der Waals surface area (Å²) >= 11 is 0. The van der Waals surface area contributed by atoms with Gasteiger partial charge >= 0.3 is 0 Å². The Kier molecular flexibility index (Phi) is 5.28. The first kappa shape index (κ1) is 14.6. The summed E-state index contributed by atoms with van der Waals surface area (Å²) in [5, 5.41) is 2.81. The number of benzene rings is 1. The average molecular weight is 252 g/mol. The van der Waals surface area contributed by atoms with E-state index >= 15 is 0 Å². The van der Waals surface area contributed by atoms with Gasteiger partial charge < -0.3 is 11.1 Å². The van der Waals surface area contributed by atoms with Crippen molar-refractivity contribution in [3.05, 3.63) is 35.6 Å². The second kappa shape index (κ2) is 6.50. The van der Waals surface area contributed by atoms with E-state index in [2.05, 4.69) is 5.32 Å². The summed E-state index contributed by atoms with van der Waals surface area (Å²) in [6.45, 7) is 5.97. The minimum Gasteiger partial charge on any atom is -0.349 e. The van der Waals surface area contributed by atoms with Gasteiger partial charge in [0.1, 0.15) is 5.82 Å². The Morgan fingerprint density at radius 1 is 1.33 bits per heavy atom. The second-order valence-electron chi connectivity index (χ2n) is 4.84. The van der Waals surface area contributed by atoms with Crippen LogP contribution in [0.25, 0.3) is 0 Å². The first-order valence-corrected chi connectivity index (χ1v) is 6.22. The molecule has 0 saturated carbocycles. The van der Waals surface area contributed by atoms with Crippen LogP contribution in [-0.2, 0) is 4.79 Å². The van der Waals surface area contributed by atoms with E-state index in [-0.39, 0.29) is 29.6 Å². The molecule has 0 radical (unpaired) electrons. The Labute approximate surface area is 108 Å². The monoisotopic (exact) mass is 252 g/mol. The quantitative estimate of drug-likeness (QED) is 0.844. The summed E-state index contributed by atoms with van der Waals surface area (Å²) in [5.74, 6) is -0.496. The Bertz CT molecular complexity index is 407. The van der Waals surface area contributed by atoms with Crippen LogP contribution in [0, 0.1) is 17.7 Å². The van der Waals surface area contributed by atoms with Crippen molar-refractivity contribution < 1.29 is 9.18 Å². The van der Waals surface area contributed by atoms with E-state index in [9.17, 15) is 9.18 Å². The topological polar surface area (TPSA) is 55.1 Å². The van der Waals surface area contributed by atoms with Crippen molar-refractivity contribution in [2.45, 2.75) is 26.8 Å². The van der Waals surface area contributed by atoms with E-state index in [4.69, 9.17) is 5.73 Å². The zero-order valence-corrected chi connectivity index (χ0v) is 11.1. The molecule has 1 aromatic rings. The third-order valence-electron chi connectivity index (χ3n) is 3.13. The standard InChI is InChI=1S/C14H21FN2O/c1-9(2)12(8-16)14(18)17-10(3)11-6-4-5-7-13(11)15/h4-7,9-10,12H,8,16H2,1-3H3,(H,17,18)/t10-,12?/m1/s1. The molecule has 4 heteroatoms. The van der Waals surface area contributed by atoms with Gasteiger partial charge in [-0.15, -0.1) is 0 Å². The van der Waals surface area contributed by atoms with Gasteiger partial charge in [0.2, 0.25) is 5.91 Å². The van der Waals surface area contributed by atoms with Crippen LogP contribution in [0.2, 0.25) is 0 Å². The maximum absolute atomic E-state index is 13.6. The molecule has 100 valence electrons. The van der Waals surface area contributed by atoms with Gasteiger partial charge in [0.15, 0.2) is 0 Å². The maximum Gasteiger partial charge on any atom is 0.225 e. The van der Waals surface area contributed by atoms with Crippen LogP contribution in [-0.4, -0.2) is 12.5 Å². The van der Waals surface area contributed by atoms with Crippen LogP contribution >= 0.6 is 0 Å². The van der Waals surface area contributed by atoms with Crippen molar-refractivity contribution in [3.63, 3.8) is 0 Å². The van der Waals surface area contributed by atoms with E-state index in [0.29, 0.717) is 12.1 Å². The number of halogens is 1. The summed E-state index contributed by atoms with van der Waals surface area (Å²) in [7, 11) is 0. The van der Waals surface area contributed by atoms with Gasteiger partial charge in [0.05, 0.1) is 12.0 Å². The van der Waals surface area contributed by atoms with Crippen LogP contribution in [0.5, 0.6) is 0 Å². The van der Waals surface area contributed by atoms with Gasteiger partial charge in [-0.2, -0.15) is 0 Å². The van der Waals surface area contributed by atoms with E-state index in [0.717, 1.165) is 0 Å². The molecule has 3 N–H and O–H groups in total. The normalized spacial score (nSPS) is 14.3. The van der Waals surface area contributed by atoms with Gasteiger partial charge in [-0.25, -0.2) is 4.39 Å². The third-order valence-corrected chi connectivity index (χ3v) is 3.13.